The molecule has 1 radical (unpaired) electrons. The minimum absolute atomic E-state index is 0. The number of carbonyl (C=O) groups is 2. The van der Waals surface area contributed by atoms with Crippen molar-refractivity contribution in [1.82, 2.24) is 4.98 Å². The Kier molecular flexibility index (Phi) is 10.2. The minimum Gasteiger partial charge on any atom is -0.503 e. The third kappa shape index (κ3) is 8.30. The van der Waals surface area contributed by atoms with Crippen molar-refractivity contribution in [2.24, 2.45) is 0 Å². The summed E-state index contributed by atoms with van der Waals surface area (Å²) in [4.78, 5) is 23.0. The summed E-state index contributed by atoms with van der Waals surface area (Å²) in [5.41, 5.74) is -1.12. The van der Waals surface area contributed by atoms with Gasteiger partial charge < -0.3 is 26.9 Å². The van der Waals surface area contributed by atoms with E-state index < -0.39 is 29.5 Å². The van der Waals surface area contributed by atoms with Crippen LogP contribution in [0.3, 0.4) is 0 Å². The molecule has 1 amide bonds. The van der Waals surface area contributed by atoms with Gasteiger partial charge in [-0.3, -0.25) is 11.7 Å². The molecule has 11 heteroatoms. The second-order valence-electron chi connectivity index (χ2n) is 3.32. The summed E-state index contributed by atoms with van der Waals surface area (Å²) < 4.78 is 42.1. The maximum absolute atomic E-state index is 12.5. The van der Waals surface area contributed by atoms with Crippen molar-refractivity contribution in [1.29, 1.82) is 0 Å². The molecule has 0 fully saturated rings. The Hall–Kier alpha value is -1.19. The van der Waals surface area contributed by atoms with Gasteiger partial charge in [0.15, 0.2) is 11.8 Å². The number of hydrogen-bond acceptors (Lipinski definition) is 4. The molecule has 0 aliphatic rings. The van der Waals surface area contributed by atoms with E-state index in [1.165, 1.54) is 0 Å². The fourth-order valence-electron chi connectivity index (χ4n) is 1.05. The first-order valence-corrected chi connectivity index (χ1v) is 5.36. The molecule has 121 valence electrons. The number of anilines is 1. The van der Waals surface area contributed by atoms with Gasteiger partial charge in [0.2, 0.25) is 5.88 Å². The van der Waals surface area contributed by atoms with Crippen LogP contribution >= 0.6 is 11.6 Å². The van der Waals surface area contributed by atoms with E-state index >= 15 is 0 Å². The number of halogens is 4. The van der Waals surface area contributed by atoms with E-state index in [0.29, 0.717) is 6.07 Å². The Bertz CT molecular complexity index is 537. The molecule has 1 aromatic heterocycles. The maximum atomic E-state index is 12.5. The number of carbonyl (C=O) groups excluding carboxylic acids is 1. The van der Waals surface area contributed by atoms with Crippen molar-refractivity contribution < 1.29 is 65.3 Å². The summed E-state index contributed by atoms with van der Waals surface area (Å²) in [6.45, 7) is 5.55. The molecule has 0 saturated carbocycles. The van der Waals surface area contributed by atoms with Crippen molar-refractivity contribution in [2.45, 2.75) is 6.18 Å². The third-order valence-electron chi connectivity index (χ3n) is 1.70. The number of alkyl halides is 3. The number of aliphatic carboxylic acids is 1. The van der Waals surface area contributed by atoms with Gasteiger partial charge >= 0.3 is 6.18 Å². The normalized spacial score (nSPS) is 9.68. The van der Waals surface area contributed by atoms with Crippen LogP contribution in [0.4, 0.5) is 19.0 Å². The van der Waals surface area contributed by atoms with E-state index in [4.69, 9.17) is 21.5 Å². The average molecular weight is 416 g/mol. The van der Waals surface area contributed by atoms with E-state index in [9.17, 15) is 18.0 Å². The molecule has 0 aliphatic carbocycles. The Morgan fingerprint density at radius 2 is 1.86 bits per heavy atom. The predicted molar refractivity (Wildman–Crippen MR) is 67.8 cm³/mol. The van der Waals surface area contributed by atoms with Crippen LogP contribution in [0.1, 0.15) is 5.56 Å². The molecule has 0 aliphatic heterocycles. The summed E-state index contributed by atoms with van der Waals surface area (Å²) in [6, 6.07) is 0.624. The van der Waals surface area contributed by atoms with Crippen molar-refractivity contribution >= 4 is 29.3 Å². The predicted octanol–water partition coefficient (Wildman–Crippen LogP) is 2.44. The van der Waals surface area contributed by atoms with Crippen molar-refractivity contribution in [3.8, 4) is 5.88 Å². The zero-order valence-corrected chi connectivity index (χ0v) is 14.8. The Balaban J connectivity index is 0. The molecule has 1 rings (SSSR count). The largest absolute Gasteiger partial charge is 0.503 e. The summed E-state index contributed by atoms with van der Waals surface area (Å²) >= 11 is 5.55. The van der Waals surface area contributed by atoms with Crippen molar-refractivity contribution in [3.05, 3.63) is 30.5 Å². The van der Waals surface area contributed by atoms with Crippen molar-refractivity contribution in [2.75, 3.05) is 12.4 Å². The average Bonchev–Trinajstić information content (AvgIpc) is 2.28. The molecule has 22 heavy (non-hydrogen) atoms. The van der Waals surface area contributed by atoms with Gasteiger partial charge in [0.1, 0.15) is 5.56 Å². The molecule has 0 atom stereocenters. The number of nitrogens with zero attached hydrogens (tertiary/aromatic N) is 1. The summed E-state index contributed by atoms with van der Waals surface area (Å²) in [5.74, 6) is -2.75. The van der Waals surface area contributed by atoms with Gasteiger partial charge in [-0.1, -0.05) is 11.6 Å². The third-order valence-corrected chi connectivity index (χ3v) is 1.99. The number of rotatable bonds is 2. The number of pyridine rings is 1. The Labute approximate surface area is 154 Å². The second-order valence-corrected chi connectivity index (χ2v) is 3.72. The Morgan fingerprint density at radius 1 is 1.41 bits per heavy atom. The molecular formula is C11H10ClF3N2O4Y-2. The SMILES string of the molecule is [CH2-]C(=O)Nc1nc(OC)c(C(F)(F)F)cc1Cl.[CH2-]C(=O)O.[Y]. The zero-order chi connectivity index (χ0) is 16.8. The van der Waals surface area contributed by atoms with Crippen LogP contribution in [0.15, 0.2) is 6.07 Å². The molecule has 0 saturated heterocycles. The number of nitrogens with one attached hydrogen (secondary N) is 1. The first-order chi connectivity index (χ1) is 9.48. The number of hydrogen-bond donors (Lipinski definition) is 2. The van der Waals surface area contributed by atoms with Gasteiger partial charge in [-0.2, -0.15) is 18.2 Å². The van der Waals surface area contributed by atoms with E-state index in [2.05, 4.69) is 28.9 Å². The monoisotopic (exact) mass is 415 g/mol. The van der Waals surface area contributed by atoms with Gasteiger partial charge in [0.05, 0.1) is 18.0 Å². The molecule has 1 heterocycles. The van der Waals surface area contributed by atoms with Crippen LogP contribution in [0, 0.1) is 13.8 Å². The van der Waals surface area contributed by atoms with E-state index in [1.807, 2.05) is 0 Å². The Morgan fingerprint density at radius 3 is 2.18 bits per heavy atom. The van der Waals surface area contributed by atoms with Crippen LogP contribution in [0.25, 0.3) is 0 Å². The number of amides is 1. The fourth-order valence-corrected chi connectivity index (χ4v) is 1.25. The van der Waals surface area contributed by atoms with Gasteiger partial charge in [0.25, 0.3) is 0 Å². The van der Waals surface area contributed by atoms with Crippen LogP contribution < -0.4 is 10.1 Å². The van der Waals surface area contributed by atoms with Gasteiger partial charge in [0, 0.05) is 32.7 Å². The van der Waals surface area contributed by atoms with Gasteiger partial charge in [-0.25, -0.2) is 0 Å². The fraction of sp³-hybridized carbons (Fsp3) is 0.182. The zero-order valence-electron chi connectivity index (χ0n) is 11.2. The molecule has 0 spiro atoms. The minimum atomic E-state index is -4.64. The first kappa shape index (κ1) is 23.1. The van der Waals surface area contributed by atoms with Gasteiger partial charge in [-0.15, -0.1) is 0 Å². The van der Waals surface area contributed by atoms with Crippen molar-refractivity contribution in [3.63, 3.8) is 0 Å². The molecule has 2 N–H and O–H groups in total. The summed E-state index contributed by atoms with van der Waals surface area (Å²) in [5, 5.41) is 9.04. The topological polar surface area (TPSA) is 88.5 Å². The molecule has 0 unspecified atom stereocenters. The molecule has 0 bridgehead atoms. The standard InChI is InChI=1S/C9H7ClF3N2O2.C2H3O2.Y/c1-4(16)14-7-6(10)3-5(9(11,12)13)8(15-7)17-2;1-2(3)4;/h3H,1H2,2H3,(H,14,15,16);1H2,(H,3,4);/q2*-1;. The summed E-state index contributed by atoms with van der Waals surface area (Å²) in [6.07, 6.45) is -4.64. The van der Waals surface area contributed by atoms with Crippen LogP contribution in [0.5, 0.6) is 5.88 Å². The quantitative estimate of drug-likeness (QED) is 0.725. The smallest absolute Gasteiger partial charge is 0.421 e. The van der Waals surface area contributed by atoms with Gasteiger partial charge in [-0.05, 0) is 6.07 Å². The van der Waals surface area contributed by atoms with E-state index in [0.717, 1.165) is 7.11 Å². The molecular weight excluding hydrogens is 405 g/mol. The number of ether oxygens (including phenoxy) is 1. The number of carboxylic acid groups (broad SMARTS) is 1. The summed E-state index contributed by atoms with van der Waals surface area (Å²) in [7, 11) is 1.03. The second kappa shape index (κ2) is 9.75. The van der Waals surface area contributed by atoms with Crippen LogP contribution in [-0.4, -0.2) is 29.1 Å². The number of carboxylic acids is 1. The van der Waals surface area contributed by atoms with E-state index in [-0.39, 0.29) is 43.5 Å². The first-order valence-electron chi connectivity index (χ1n) is 4.98. The molecule has 6 nitrogen and oxygen atoms in total. The molecule has 0 aromatic carbocycles. The maximum Gasteiger partial charge on any atom is 0.421 e. The number of aromatic nitrogens is 1. The van der Waals surface area contributed by atoms with E-state index in [1.54, 1.807) is 0 Å². The van der Waals surface area contributed by atoms with Crippen LogP contribution in [0.2, 0.25) is 5.02 Å². The molecule has 1 aromatic rings. The van der Waals surface area contributed by atoms with Crippen LogP contribution in [-0.2, 0) is 48.5 Å². The number of methoxy groups -OCH3 is 1.